The third kappa shape index (κ3) is 4.18. The monoisotopic (exact) mass is 403 g/mol. The molecule has 152 valence electrons. The summed E-state index contributed by atoms with van der Waals surface area (Å²) in [6.07, 6.45) is -0.938. The Labute approximate surface area is 165 Å². The number of amides is 1. The summed E-state index contributed by atoms with van der Waals surface area (Å²) in [6, 6.07) is 10.6. The number of nitrogens with zero attached hydrogens (tertiary/aromatic N) is 4. The summed E-state index contributed by atoms with van der Waals surface area (Å²) in [6.45, 7) is 1.12. The van der Waals surface area contributed by atoms with Crippen LogP contribution in [0.2, 0.25) is 0 Å². The van der Waals surface area contributed by atoms with Gasteiger partial charge in [-0.25, -0.2) is 0 Å². The molecule has 1 fully saturated rings. The van der Waals surface area contributed by atoms with Gasteiger partial charge in [-0.05, 0) is 43.2 Å². The van der Waals surface area contributed by atoms with E-state index in [0.29, 0.717) is 13.1 Å². The maximum absolute atomic E-state index is 12.8. The first-order valence-electron chi connectivity index (χ1n) is 9.40. The predicted octanol–water partition coefficient (Wildman–Crippen LogP) is 3.57. The number of carbonyl (C=O) groups is 1. The van der Waals surface area contributed by atoms with Gasteiger partial charge in [0.25, 0.3) is 0 Å². The van der Waals surface area contributed by atoms with E-state index in [1.54, 1.807) is 4.90 Å². The van der Waals surface area contributed by atoms with Gasteiger partial charge >= 0.3 is 6.18 Å². The van der Waals surface area contributed by atoms with Crippen LogP contribution in [0.3, 0.4) is 0 Å². The first-order valence-corrected chi connectivity index (χ1v) is 9.40. The Morgan fingerprint density at radius 3 is 2.66 bits per heavy atom. The van der Waals surface area contributed by atoms with Gasteiger partial charge in [0.2, 0.25) is 5.91 Å². The van der Waals surface area contributed by atoms with Crippen LogP contribution in [-0.4, -0.2) is 45.0 Å². The average Bonchev–Trinajstić information content (AvgIpc) is 3.16. The van der Waals surface area contributed by atoms with Crippen molar-refractivity contribution < 1.29 is 18.0 Å². The summed E-state index contributed by atoms with van der Waals surface area (Å²) in [5, 5.41) is 11.3. The summed E-state index contributed by atoms with van der Waals surface area (Å²) >= 11 is 0. The fourth-order valence-corrected chi connectivity index (χ4v) is 3.62. The van der Waals surface area contributed by atoms with Crippen LogP contribution in [0.5, 0.6) is 0 Å². The standard InChI is InChI=1S/C20H20F3N5O/c21-20(22,23)15-4-3-5-16(12-15)24-13-18(29)27-10-7-14(8-11-27)19-26-25-17-6-1-2-9-28(17)19/h1-6,9,12,14,24H,7-8,10-11,13H2. The molecule has 1 saturated heterocycles. The molecule has 3 aromatic rings. The van der Waals surface area contributed by atoms with Crippen molar-refractivity contribution in [2.24, 2.45) is 0 Å². The lowest BCUT2D eigenvalue weighted by molar-refractivity contribution is -0.137. The molecule has 0 spiro atoms. The number of hydrogen-bond acceptors (Lipinski definition) is 4. The van der Waals surface area contributed by atoms with E-state index >= 15 is 0 Å². The summed E-state index contributed by atoms with van der Waals surface area (Å²) in [4.78, 5) is 14.2. The Morgan fingerprint density at radius 1 is 1.10 bits per heavy atom. The van der Waals surface area contributed by atoms with Crippen LogP contribution in [0.25, 0.3) is 5.65 Å². The number of pyridine rings is 1. The van der Waals surface area contributed by atoms with Gasteiger partial charge in [0.1, 0.15) is 5.82 Å². The van der Waals surface area contributed by atoms with Gasteiger partial charge in [-0.1, -0.05) is 12.1 Å². The quantitative estimate of drug-likeness (QED) is 0.724. The Morgan fingerprint density at radius 2 is 1.90 bits per heavy atom. The third-order valence-electron chi connectivity index (χ3n) is 5.19. The highest BCUT2D eigenvalue weighted by Crippen LogP contribution is 2.31. The summed E-state index contributed by atoms with van der Waals surface area (Å²) < 4.78 is 40.4. The molecule has 0 unspecified atom stereocenters. The highest BCUT2D eigenvalue weighted by atomic mass is 19.4. The number of likely N-dealkylation sites (tertiary alicyclic amines) is 1. The van der Waals surface area contributed by atoms with Gasteiger partial charge in [0, 0.05) is 30.9 Å². The van der Waals surface area contributed by atoms with Crippen molar-refractivity contribution in [2.45, 2.75) is 24.9 Å². The molecule has 6 nitrogen and oxygen atoms in total. The molecule has 0 bridgehead atoms. The highest BCUT2D eigenvalue weighted by molar-refractivity contribution is 5.81. The molecule has 1 aromatic carbocycles. The van der Waals surface area contributed by atoms with Crippen LogP contribution in [0, 0.1) is 0 Å². The van der Waals surface area contributed by atoms with Crippen molar-refractivity contribution in [1.82, 2.24) is 19.5 Å². The molecule has 0 saturated carbocycles. The number of fused-ring (bicyclic) bond motifs is 1. The normalized spacial score (nSPS) is 15.6. The number of nitrogens with one attached hydrogen (secondary N) is 1. The molecular weight excluding hydrogens is 383 g/mol. The molecular formula is C20H20F3N5O. The number of rotatable bonds is 4. The highest BCUT2D eigenvalue weighted by Gasteiger charge is 2.30. The molecule has 4 rings (SSSR count). The second kappa shape index (κ2) is 7.73. The van der Waals surface area contributed by atoms with Crippen LogP contribution < -0.4 is 5.32 Å². The largest absolute Gasteiger partial charge is 0.416 e. The fourth-order valence-electron chi connectivity index (χ4n) is 3.62. The number of benzene rings is 1. The van der Waals surface area contributed by atoms with E-state index in [2.05, 4.69) is 15.5 Å². The Kier molecular flexibility index (Phi) is 5.12. The van der Waals surface area contributed by atoms with E-state index in [4.69, 9.17) is 0 Å². The first-order chi connectivity index (χ1) is 13.9. The zero-order chi connectivity index (χ0) is 20.4. The maximum atomic E-state index is 12.8. The first kappa shape index (κ1) is 19.2. The number of anilines is 1. The SMILES string of the molecule is O=C(CNc1cccc(C(F)(F)F)c1)N1CCC(c2nnc3ccccn23)CC1. The molecule has 1 aliphatic rings. The van der Waals surface area contributed by atoms with E-state index in [1.807, 2.05) is 28.8 Å². The molecule has 1 amide bonds. The zero-order valence-corrected chi connectivity index (χ0v) is 15.6. The van der Waals surface area contributed by atoms with Crippen molar-refractivity contribution in [3.05, 3.63) is 60.0 Å². The van der Waals surface area contributed by atoms with Crippen molar-refractivity contribution >= 4 is 17.2 Å². The number of piperidine rings is 1. The molecule has 0 radical (unpaired) electrons. The van der Waals surface area contributed by atoms with Crippen molar-refractivity contribution in [3.63, 3.8) is 0 Å². The summed E-state index contributed by atoms with van der Waals surface area (Å²) in [7, 11) is 0. The second-order valence-corrected chi connectivity index (χ2v) is 7.07. The molecule has 2 aromatic heterocycles. The Balaban J connectivity index is 1.33. The smallest absolute Gasteiger partial charge is 0.376 e. The molecule has 3 heterocycles. The second-order valence-electron chi connectivity index (χ2n) is 7.07. The number of halogens is 3. The van der Waals surface area contributed by atoms with E-state index in [9.17, 15) is 18.0 Å². The molecule has 0 aliphatic carbocycles. The maximum Gasteiger partial charge on any atom is 0.416 e. The van der Waals surface area contributed by atoms with E-state index in [0.717, 1.165) is 36.4 Å². The van der Waals surface area contributed by atoms with Crippen LogP contribution >= 0.6 is 0 Å². The topological polar surface area (TPSA) is 62.5 Å². The Bertz CT molecular complexity index is 1010. The lowest BCUT2D eigenvalue weighted by atomic mass is 9.96. The zero-order valence-electron chi connectivity index (χ0n) is 15.6. The molecule has 1 N–H and O–H groups in total. The minimum atomic E-state index is -4.41. The van der Waals surface area contributed by atoms with Crippen LogP contribution in [0.15, 0.2) is 48.7 Å². The van der Waals surface area contributed by atoms with E-state index in [-0.39, 0.29) is 24.1 Å². The lowest BCUT2D eigenvalue weighted by Crippen LogP contribution is -2.41. The van der Waals surface area contributed by atoms with Gasteiger partial charge in [0.15, 0.2) is 5.65 Å². The minimum absolute atomic E-state index is 0.0418. The molecule has 0 atom stereocenters. The summed E-state index contributed by atoms with van der Waals surface area (Å²) in [5.41, 5.74) is 0.334. The van der Waals surface area contributed by atoms with Gasteiger partial charge < -0.3 is 10.2 Å². The lowest BCUT2D eigenvalue weighted by Gasteiger charge is -2.31. The van der Waals surface area contributed by atoms with Crippen molar-refractivity contribution in [3.8, 4) is 0 Å². The van der Waals surface area contributed by atoms with Gasteiger partial charge in [-0.15, -0.1) is 10.2 Å². The van der Waals surface area contributed by atoms with Gasteiger partial charge in [-0.3, -0.25) is 9.20 Å². The number of alkyl halides is 3. The van der Waals surface area contributed by atoms with Crippen molar-refractivity contribution in [1.29, 1.82) is 0 Å². The molecule has 9 heteroatoms. The van der Waals surface area contributed by atoms with Crippen molar-refractivity contribution in [2.75, 3.05) is 25.0 Å². The van der Waals surface area contributed by atoms with Crippen LogP contribution in [-0.2, 0) is 11.0 Å². The van der Waals surface area contributed by atoms with Crippen LogP contribution in [0.4, 0.5) is 18.9 Å². The molecule has 1 aliphatic heterocycles. The predicted molar refractivity (Wildman–Crippen MR) is 101 cm³/mol. The minimum Gasteiger partial charge on any atom is -0.376 e. The number of hydrogen-bond donors (Lipinski definition) is 1. The van der Waals surface area contributed by atoms with E-state index in [1.165, 1.54) is 12.1 Å². The Hall–Kier alpha value is -3.10. The summed E-state index contributed by atoms with van der Waals surface area (Å²) in [5.74, 6) is 0.981. The van der Waals surface area contributed by atoms with Gasteiger partial charge in [-0.2, -0.15) is 13.2 Å². The van der Waals surface area contributed by atoms with E-state index < -0.39 is 11.7 Å². The third-order valence-corrected chi connectivity index (χ3v) is 5.19. The average molecular weight is 403 g/mol. The van der Waals surface area contributed by atoms with Gasteiger partial charge in [0.05, 0.1) is 12.1 Å². The number of aromatic nitrogens is 3. The fraction of sp³-hybridized carbons (Fsp3) is 0.350. The number of carbonyl (C=O) groups excluding carboxylic acids is 1. The van der Waals surface area contributed by atoms with Crippen LogP contribution in [0.1, 0.15) is 30.1 Å². The molecule has 29 heavy (non-hydrogen) atoms.